The summed E-state index contributed by atoms with van der Waals surface area (Å²) in [6.07, 6.45) is 0.533. The number of nitrogens with zero attached hydrogens (tertiary/aromatic N) is 1. The third-order valence-electron chi connectivity index (χ3n) is 3.02. The molecule has 18 heavy (non-hydrogen) atoms. The fraction of sp³-hybridized carbons (Fsp3) is 0.429. The first-order valence-electron chi connectivity index (χ1n) is 6.07. The second-order valence-corrected chi connectivity index (χ2v) is 4.51. The first-order valence-corrected chi connectivity index (χ1v) is 6.07. The molecule has 0 unspecified atom stereocenters. The molecule has 1 heterocycles. The summed E-state index contributed by atoms with van der Waals surface area (Å²) in [5.41, 5.74) is 1.58. The van der Waals surface area contributed by atoms with Crippen molar-refractivity contribution in [3.63, 3.8) is 0 Å². The number of hydrogen-bond acceptors (Lipinski definition) is 3. The maximum absolute atomic E-state index is 12.1. The number of ketones is 1. The Hall–Kier alpha value is -1.84. The smallest absolute Gasteiger partial charge is 0.223 e. The van der Waals surface area contributed by atoms with Gasteiger partial charge in [-0.15, -0.1) is 0 Å². The van der Waals surface area contributed by atoms with Crippen LogP contribution in [0.25, 0.3) is 0 Å². The van der Waals surface area contributed by atoms with Gasteiger partial charge in [-0.1, -0.05) is 11.6 Å². The van der Waals surface area contributed by atoms with Crippen molar-refractivity contribution < 1.29 is 14.3 Å². The molecule has 1 aliphatic rings. The Morgan fingerprint density at radius 2 is 2.00 bits per heavy atom. The van der Waals surface area contributed by atoms with Crippen molar-refractivity contribution in [2.24, 2.45) is 0 Å². The molecule has 0 aliphatic carbocycles. The molecule has 2 rings (SSSR count). The van der Waals surface area contributed by atoms with Gasteiger partial charge in [-0.25, -0.2) is 0 Å². The third kappa shape index (κ3) is 2.88. The summed E-state index contributed by atoms with van der Waals surface area (Å²) >= 11 is 0. The largest absolute Gasteiger partial charge is 0.496 e. The van der Waals surface area contributed by atoms with Crippen molar-refractivity contribution in [3.8, 4) is 5.75 Å². The second kappa shape index (κ2) is 5.21. The number of benzene rings is 1. The van der Waals surface area contributed by atoms with Crippen molar-refractivity contribution in [1.29, 1.82) is 0 Å². The van der Waals surface area contributed by atoms with Crippen molar-refractivity contribution in [3.05, 3.63) is 29.3 Å². The number of carbonyl (C=O) groups is 2. The van der Waals surface area contributed by atoms with E-state index in [0.717, 1.165) is 18.7 Å². The molecule has 1 aromatic carbocycles. The second-order valence-electron chi connectivity index (χ2n) is 4.51. The van der Waals surface area contributed by atoms with Crippen LogP contribution in [0, 0.1) is 6.92 Å². The summed E-state index contributed by atoms with van der Waals surface area (Å²) in [5.74, 6) is 0.602. The molecule has 1 fully saturated rings. The Morgan fingerprint density at radius 3 is 2.61 bits per heavy atom. The Kier molecular flexibility index (Phi) is 3.65. The minimum atomic E-state index is -0.0363. The minimum Gasteiger partial charge on any atom is -0.496 e. The van der Waals surface area contributed by atoms with Gasteiger partial charge in [0.15, 0.2) is 5.78 Å². The highest BCUT2D eigenvalue weighted by Gasteiger charge is 2.24. The van der Waals surface area contributed by atoms with Crippen LogP contribution in [0.2, 0.25) is 0 Å². The van der Waals surface area contributed by atoms with Crippen molar-refractivity contribution >= 4 is 11.7 Å². The summed E-state index contributed by atoms with van der Waals surface area (Å²) in [7, 11) is 1.54. The van der Waals surface area contributed by atoms with Gasteiger partial charge in [-0.3, -0.25) is 9.59 Å². The molecule has 0 N–H and O–H groups in total. The van der Waals surface area contributed by atoms with Gasteiger partial charge < -0.3 is 9.64 Å². The van der Waals surface area contributed by atoms with Crippen LogP contribution in [-0.2, 0) is 4.79 Å². The normalized spacial score (nSPS) is 13.3. The van der Waals surface area contributed by atoms with Gasteiger partial charge in [0.2, 0.25) is 5.91 Å². The molecule has 96 valence electrons. The number of methoxy groups -OCH3 is 1. The van der Waals surface area contributed by atoms with E-state index in [1.165, 1.54) is 0 Å². The monoisotopic (exact) mass is 247 g/mol. The maximum Gasteiger partial charge on any atom is 0.223 e. The maximum atomic E-state index is 12.1. The molecular weight excluding hydrogens is 230 g/mol. The lowest BCUT2D eigenvalue weighted by atomic mass is 10.0. The average Bonchev–Trinajstić information content (AvgIpc) is 3.19. The Morgan fingerprint density at radius 1 is 1.28 bits per heavy atom. The van der Waals surface area contributed by atoms with Gasteiger partial charge in [-0.05, 0) is 19.1 Å². The summed E-state index contributed by atoms with van der Waals surface area (Å²) in [6, 6.07) is 5.49. The van der Waals surface area contributed by atoms with Crippen LogP contribution in [0.5, 0.6) is 5.75 Å². The molecular formula is C14H17NO3. The van der Waals surface area contributed by atoms with E-state index in [4.69, 9.17) is 4.74 Å². The molecule has 0 radical (unpaired) electrons. The molecule has 4 heteroatoms. The van der Waals surface area contributed by atoms with Crippen LogP contribution in [-0.4, -0.2) is 36.8 Å². The van der Waals surface area contributed by atoms with E-state index >= 15 is 0 Å². The lowest BCUT2D eigenvalue weighted by Gasteiger charge is -2.08. The zero-order valence-corrected chi connectivity index (χ0v) is 10.7. The Balaban J connectivity index is 2.03. The number of hydrogen-bond donors (Lipinski definition) is 0. The van der Waals surface area contributed by atoms with Crippen molar-refractivity contribution in [2.75, 3.05) is 20.2 Å². The highest BCUT2D eigenvalue weighted by Crippen LogP contribution is 2.22. The Labute approximate surface area is 107 Å². The molecule has 0 aromatic heterocycles. The zero-order chi connectivity index (χ0) is 13.1. The fourth-order valence-electron chi connectivity index (χ4n) is 1.85. The zero-order valence-electron chi connectivity index (χ0n) is 10.7. The van der Waals surface area contributed by atoms with E-state index < -0.39 is 0 Å². The molecule has 0 saturated carbocycles. The minimum absolute atomic E-state index is 0.0363. The molecule has 1 aromatic rings. The van der Waals surface area contributed by atoms with Crippen LogP contribution in [0.15, 0.2) is 18.2 Å². The van der Waals surface area contributed by atoms with Crippen LogP contribution in [0.1, 0.15) is 28.8 Å². The van der Waals surface area contributed by atoms with E-state index in [1.54, 1.807) is 18.1 Å². The SMILES string of the molecule is COc1ccc(C)cc1C(=O)CCC(=O)N1CC1. The highest BCUT2D eigenvalue weighted by molar-refractivity contribution is 6.00. The van der Waals surface area contributed by atoms with E-state index in [-0.39, 0.29) is 24.5 Å². The number of rotatable bonds is 5. The van der Waals surface area contributed by atoms with Gasteiger partial charge in [0.25, 0.3) is 0 Å². The van der Waals surface area contributed by atoms with Crippen molar-refractivity contribution in [2.45, 2.75) is 19.8 Å². The topological polar surface area (TPSA) is 46.4 Å². The van der Waals surface area contributed by atoms with Crippen LogP contribution in [0.3, 0.4) is 0 Å². The summed E-state index contributed by atoms with van der Waals surface area (Å²) in [4.78, 5) is 25.3. The number of amides is 1. The summed E-state index contributed by atoms with van der Waals surface area (Å²) in [6.45, 7) is 3.60. The van der Waals surface area contributed by atoms with Gasteiger partial charge in [0, 0.05) is 25.9 Å². The average molecular weight is 247 g/mol. The molecule has 1 amide bonds. The number of Topliss-reactive ketones (excluding diaryl/α,β-unsaturated/α-hetero) is 1. The molecule has 1 aliphatic heterocycles. The van der Waals surface area contributed by atoms with Crippen LogP contribution in [0.4, 0.5) is 0 Å². The molecule has 0 bridgehead atoms. The Bertz CT molecular complexity index is 478. The van der Waals surface area contributed by atoms with Crippen LogP contribution < -0.4 is 4.74 Å². The number of ether oxygens (including phenoxy) is 1. The van der Waals surface area contributed by atoms with E-state index in [1.807, 2.05) is 19.1 Å². The van der Waals surface area contributed by atoms with Gasteiger partial charge in [-0.2, -0.15) is 0 Å². The standard InChI is InChI=1S/C14H17NO3/c1-10-3-5-13(18-2)11(9-10)12(16)4-6-14(17)15-7-8-15/h3,5,9H,4,6-8H2,1-2H3. The quantitative estimate of drug-likeness (QED) is 0.589. The predicted molar refractivity (Wildman–Crippen MR) is 67.9 cm³/mol. The lowest BCUT2D eigenvalue weighted by Crippen LogP contribution is -2.12. The molecule has 1 saturated heterocycles. The van der Waals surface area contributed by atoms with Crippen LogP contribution >= 0.6 is 0 Å². The first kappa shape index (κ1) is 12.6. The predicted octanol–water partition coefficient (Wildman–Crippen LogP) is 1.81. The highest BCUT2D eigenvalue weighted by atomic mass is 16.5. The van der Waals surface area contributed by atoms with Gasteiger partial charge >= 0.3 is 0 Å². The molecule has 0 atom stereocenters. The van der Waals surface area contributed by atoms with E-state index in [9.17, 15) is 9.59 Å². The number of carbonyl (C=O) groups excluding carboxylic acids is 2. The summed E-state index contributed by atoms with van der Waals surface area (Å²) < 4.78 is 5.17. The molecule has 4 nitrogen and oxygen atoms in total. The number of aryl methyl sites for hydroxylation is 1. The lowest BCUT2D eigenvalue weighted by molar-refractivity contribution is -0.125. The first-order chi connectivity index (χ1) is 8.61. The van der Waals surface area contributed by atoms with E-state index in [2.05, 4.69) is 0 Å². The van der Waals surface area contributed by atoms with E-state index in [0.29, 0.717) is 11.3 Å². The molecule has 0 spiro atoms. The van der Waals surface area contributed by atoms with Gasteiger partial charge in [0.05, 0.1) is 12.7 Å². The van der Waals surface area contributed by atoms with Crippen molar-refractivity contribution in [1.82, 2.24) is 4.90 Å². The van der Waals surface area contributed by atoms with Gasteiger partial charge in [0.1, 0.15) is 5.75 Å². The summed E-state index contributed by atoms with van der Waals surface area (Å²) in [5, 5.41) is 0. The fourth-order valence-corrected chi connectivity index (χ4v) is 1.85. The third-order valence-corrected chi connectivity index (χ3v) is 3.02.